The van der Waals surface area contributed by atoms with Crippen LogP contribution in [0.4, 0.5) is 5.69 Å². The van der Waals surface area contributed by atoms with Crippen molar-refractivity contribution in [3.05, 3.63) is 60.2 Å². The van der Waals surface area contributed by atoms with E-state index in [4.69, 9.17) is 0 Å². The van der Waals surface area contributed by atoms with E-state index in [-0.39, 0.29) is 23.4 Å². The standard InChI is InChI=1S/C22H28N2O4S/c1-17-12-14-19(15-13-17)29(27,28)24(18-8-4-3-5-9-18)16-22(26)23(2)20-10-6-7-11-21(20)25/h3-5,8-9,12-15,20-21,25H,6-7,10-11,16H2,1-2H3. The number of carbonyl (C=O) groups is 1. The van der Waals surface area contributed by atoms with Crippen LogP contribution in [0.15, 0.2) is 59.5 Å². The second-order valence-electron chi connectivity index (χ2n) is 7.58. The summed E-state index contributed by atoms with van der Waals surface area (Å²) in [6, 6.07) is 14.9. The van der Waals surface area contributed by atoms with Crippen molar-refractivity contribution in [2.75, 3.05) is 17.9 Å². The van der Waals surface area contributed by atoms with Gasteiger partial charge >= 0.3 is 0 Å². The Kier molecular flexibility index (Phi) is 6.59. The third kappa shape index (κ3) is 4.79. The molecule has 0 radical (unpaired) electrons. The Hall–Kier alpha value is -2.38. The lowest BCUT2D eigenvalue weighted by Gasteiger charge is -2.36. The molecular formula is C22H28N2O4S. The van der Waals surface area contributed by atoms with Gasteiger partial charge in [-0.15, -0.1) is 0 Å². The number of aliphatic hydroxyl groups excluding tert-OH is 1. The number of anilines is 1. The van der Waals surface area contributed by atoms with Gasteiger partial charge in [0.25, 0.3) is 10.0 Å². The molecule has 3 rings (SSSR count). The number of rotatable bonds is 6. The molecule has 156 valence electrons. The van der Waals surface area contributed by atoms with Crippen molar-refractivity contribution in [2.45, 2.75) is 49.6 Å². The Morgan fingerprint density at radius 1 is 1.03 bits per heavy atom. The van der Waals surface area contributed by atoms with Gasteiger partial charge in [-0.2, -0.15) is 0 Å². The van der Waals surface area contributed by atoms with Gasteiger partial charge in [0.2, 0.25) is 5.91 Å². The molecule has 7 heteroatoms. The number of para-hydroxylation sites is 1. The number of sulfonamides is 1. The number of aliphatic hydroxyl groups is 1. The summed E-state index contributed by atoms with van der Waals surface area (Å²) in [5, 5.41) is 10.3. The zero-order chi connectivity index (χ0) is 21.0. The quantitative estimate of drug-likeness (QED) is 0.785. The summed E-state index contributed by atoms with van der Waals surface area (Å²) < 4.78 is 27.8. The van der Waals surface area contributed by atoms with Crippen molar-refractivity contribution in [3.63, 3.8) is 0 Å². The maximum absolute atomic E-state index is 13.3. The molecular weight excluding hydrogens is 388 g/mol. The summed E-state index contributed by atoms with van der Waals surface area (Å²) in [4.78, 5) is 14.7. The molecule has 2 unspecified atom stereocenters. The summed E-state index contributed by atoms with van der Waals surface area (Å²) in [5.41, 5.74) is 1.39. The van der Waals surface area contributed by atoms with E-state index in [1.54, 1.807) is 61.6 Å². The van der Waals surface area contributed by atoms with Crippen LogP contribution in [0.25, 0.3) is 0 Å². The van der Waals surface area contributed by atoms with Crippen LogP contribution in [0.5, 0.6) is 0 Å². The van der Waals surface area contributed by atoms with Crippen LogP contribution < -0.4 is 4.31 Å². The highest BCUT2D eigenvalue weighted by Gasteiger charge is 2.33. The van der Waals surface area contributed by atoms with Crippen LogP contribution in [0.1, 0.15) is 31.2 Å². The second kappa shape index (κ2) is 8.97. The van der Waals surface area contributed by atoms with Crippen molar-refractivity contribution in [1.82, 2.24) is 4.90 Å². The lowest BCUT2D eigenvalue weighted by molar-refractivity contribution is -0.133. The summed E-state index contributed by atoms with van der Waals surface area (Å²) in [7, 11) is -2.28. The maximum Gasteiger partial charge on any atom is 0.264 e. The summed E-state index contributed by atoms with van der Waals surface area (Å²) in [6.07, 6.45) is 2.70. The molecule has 1 fully saturated rings. The van der Waals surface area contributed by atoms with E-state index >= 15 is 0 Å². The number of nitrogens with zero attached hydrogens (tertiary/aromatic N) is 2. The van der Waals surface area contributed by atoms with E-state index in [0.717, 1.165) is 29.1 Å². The lowest BCUT2D eigenvalue weighted by Crippen LogP contribution is -2.50. The van der Waals surface area contributed by atoms with Crippen LogP contribution in [0, 0.1) is 6.92 Å². The van der Waals surface area contributed by atoms with Crippen LogP contribution in [0.3, 0.4) is 0 Å². The molecule has 0 aliphatic heterocycles. The van der Waals surface area contributed by atoms with Gasteiger partial charge in [-0.05, 0) is 44.0 Å². The number of carbonyl (C=O) groups excluding carboxylic acids is 1. The van der Waals surface area contributed by atoms with E-state index in [2.05, 4.69) is 0 Å². The predicted octanol–water partition coefficient (Wildman–Crippen LogP) is 2.95. The average molecular weight is 417 g/mol. The van der Waals surface area contributed by atoms with E-state index in [1.807, 2.05) is 6.92 Å². The average Bonchev–Trinajstić information content (AvgIpc) is 2.72. The van der Waals surface area contributed by atoms with Gasteiger partial charge in [-0.1, -0.05) is 48.7 Å². The van der Waals surface area contributed by atoms with Gasteiger partial charge in [0.15, 0.2) is 0 Å². The predicted molar refractivity (Wildman–Crippen MR) is 113 cm³/mol. The largest absolute Gasteiger partial charge is 0.391 e. The zero-order valence-electron chi connectivity index (χ0n) is 16.9. The summed E-state index contributed by atoms with van der Waals surface area (Å²) in [5.74, 6) is -0.338. The van der Waals surface area contributed by atoms with Gasteiger partial charge in [0, 0.05) is 7.05 Å². The monoisotopic (exact) mass is 416 g/mol. The first-order chi connectivity index (χ1) is 13.8. The summed E-state index contributed by atoms with van der Waals surface area (Å²) in [6.45, 7) is 1.57. The molecule has 1 aliphatic rings. The fourth-order valence-corrected chi connectivity index (χ4v) is 5.12. The van der Waals surface area contributed by atoms with Crippen molar-refractivity contribution in [3.8, 4) is 0 Å². The molecule has 1 N–H and O–H groups in total. The molecule has 2 aromatic rings. The van der Waals surface area contributed by atoms with E-state index < -0.39 is 16.1 Å². The normalized spacial score (nSPS) is 19.6. The van der Waals surface area contributed by atoms with Crippen LogP contribution in [-0.4, -0.2) is 50.1 Å². The molecule has 0 aromatic heterocycles. The first-order valence-corrected chi connectivity index (χ1v) is 11.3. The molecule has 29 heavy (non-hydrogen) atoms. The number of benzene rings is 2. The first kappa shape index (κ1) is 21.3. The van der Waals surface area contributed by atoms with Gasteiger partial charge < -0.3 is 10.0 Å². The SMILES string of the molecule is Cc1ccc(S(=O)(=O)N(CC(=O)N(C)C2CCCCC2O)c2ccccc2)cc1. The highest BCUT2D eigenvalue weighted by Crippen LogP contribution is 2.26. The number of aryl methyl sites for hydroxylation is 1. The minimum absolute atomic E-state index is 0.139. The van der Waals surface area contributed by atoms with Crippen molar-refractivity contribution >= 4 is 21.6 Å². The van der Waals surface area contributed by atoms with E-state index in [9.17, 15) is 18.3 Å². The van der Waals surface area contributed by atoms with Crippen molar-refractivity contribution < 1.29 is 18.3 Å². The fraction of sp³-hybridized carbons (Fsp3) is 0.409. The van der Waals surface area contributed by atoms with Crippen molar-refractivity contribution in [1.29, 1.82) is 0 Å². The van der Waals surface area contributed by atoms with Crippen LogP contribution in [-0.2, 0) is 14.8 Å². The Bertz CT molecular complexity index is 929. The van der Waals surface area contributed by atoms with E-state index in [1.165, 1.54) is 4.90 Å². The first-order valence-electron chi connectivity index (χ1n) is 9.89. The van der Waals surface area contributed by atoms with E-state index in [0.29, 0.717) is 12.1 Å². The molecule has 2 atom stereocenters. The van der Waals surface area contributed by atoms with Crippen LogP contribution in [0.2, 0.25) is 0 Å². The van der Waals surface area contributed by atoms with Crippen LogP contribution >= 0.6 is 0 Å². The highest BCUT2D eigenvalue weighted by molar-refractivity contribution is 7.92. The minimum Gasteiger partial charge on any atom is -0.391 e. The Labute approximate surface area is 172 Å². The Balaban J connectivity index is 1.90. The van der Waals surface area contributed by atoms with Crippen molar-refractivity contribution in [2.24, 2.45) is 0 Å². The molecule has 2 aromatic carbocycles. The Morgan fingerprint density at radius 3 is 2.28 bits per heavy atom. The molecule has 1 saturated carbocycles. The molecule has 0 spiro atoms. The Morgan fingerprint density at radius 2 is 1.66 bits per heavy atom. The number of likely N-dealkylation sites (N-methyl/N-ethyl adjacent to an activating group) is 1. The summed E-state index contributed by atoms with van der Waals surface area (Å²) >= 11 is 0. The highest BCUT2D eigenvalue weighted by atomic mass is 32.2. The lowest BCUT2D eigenvalue weighted by atomic mass is 9.91. The molecule has 0 saturated heterocycles. The van der Waals surface area contributed by atoms with Gasteiger partial charge in [0.05, 0.1) is 22.7 Å². The van der Waals surface area contributed by atoms with Gasteiger partial charge in [-0.25, -0.2) is 8.42 Å². The molecule has 0 bridgehead atoms. The number of amides is 1. The second-order valence-corrected chi connectivity index (χ2v) is 9.45. The third-order valence-electron chi connectivity index (χ3n) is 5.52. The topological polar surface area (TPSA) is 77.9 Å². The smallest absolute Gasteiger partial charge is 0.264 e. The number of hydrogen-bond donors (Lipinski definition) is 1. The van der Waals surface area contributed by atoms with Gasteiger partial charge in [0.1, 0.15) is 6.54 Å². The third-order valence-corrected chi connectivity index (χ3v) is 7.30. The number of hydrogen-bond acceptors (Lipinski definition) is 4. The molecule has 0 heterocycles. The molecule has 1 aliphatic carbocycles. The molecule has 1 amide bonds. The minimum atomic E-state index is -3.92. The fourth-order valence-electron chi connectivity index (χ4n) is 3.71. The maximum atomic E-state index is 13.3. The van der Waals surface area contributed by atoms with Gasteiger partial charge in [-0.3, -0.25) is 9.10 Å². The zero-order valence-corrected chi connectivity index (χ0v) is 17.7. The molecule has 6 nitrogen and oxygen atoms in total.